The van der Waals surface area contributed by atoms with Crippen molar-refractivity contribution < 1.29 is 4.79 Å². The molecule has 142 valence electrons. The van der Waals surface area contributed by atoms with Gasteiger partial charge in [-0.05, 0) is 49.1 Å². The number of nitrogens with zero attached hydrogens (tertiary/aromatic N) is 5. The van der Waals surface area contributed by atoms with Gasteiger partial charge >= 0.3 is 6.03 Å². The summed E-state index contributed by atoms with van der Waals surface area (Å²) in [4.78, 5) is 18.4. The fourth-order valence-electron chi connectivity index (χ4n) is 4.41. The van der Waals surface area contributed by atoms with Crippen molar-refractivity contribution in [2.24, 2.45) is 0 Å². The number of urea groups is 1. The van der Waals surface area contributed by atoms with Crippen LogP contribution in [0, 0.1) is 0 Å². The van der Waals surface area contributed by atoms with Crippen LogP contribution in [0.15, 0.2) is 30.5 Å². The molecule has 0 spiro atoms. The van der Waals surface area contributed by atoms with E-state index in [1.54, 1.807) is 4.90 Å². The molecule has 6 nitrogen and oxygen atoms in total. The van der Waals surface area contributed by atoms with Crippen LogP contribution < -0.4 is 4.90 Å². The molecule has 6 heteroatoms. The van der Waals surface area contributed by atoms with Gasteiger partial charge < -0.3 is 4.90 Å². The van der Waals surface area contributed by atoms with Crippen molar-refractivity contribution in [3.63, 3.8) is 0 Å². The molecule has 1 aromatic heterocycles. The quantitative estimate of drug-likeness (QED) is 0.840. The molecular weight excluding hydrogens is 338 g/mol. The third kappa shape index (κ3) is 3.02. The summed E-state index contributed by atoms with van der Waals surface area (Å²) in [6.45, 7) is 3.83. The van der Waals surface area contributed by atoms with E-state index < -0.39 is 0 Å². The Bertz CT molecular complexity index is 813. The summed E-state index contributed by atoms with van der Waals surface area (Å²) in [6, 6.07) is 9.07. The molecule has 1 aliphatic carbocycles. The number of carbonyl (C=O) groups excluding carboxylic acids is 1. The molecule has 0 unspecified atom stereocenters. The van der Waals surface area contributed by atoms with Crippen LogP contribution in [0.2, 0.25) is 0 Å². The molecule has 27 heavy (non-hydrogen) atoms. The fourth-order valence-corrected chi connectivity index (χ4v) is 4.41. The smallest absolute Gasteiger partial charge is 0.324 e. The molecule has 0 atom stereocenters. The molecule has 0 radical (unpaired) electrons. The van der Waals surface area contributed by atoms with Crippen molar-refractivity contribution in [2.75, 3.05) is 38.1 Å². The van der Waals surface area contributed by atoms with E-state index in [1.807, 2.05) is 28.8 Å². The van der Waals surface area contributed by atoms with Crippen molar-refractivity contribution in [2.45, 2.75) is 38.1 Å². The van der Waals surface area contributed by atoms with Gasteiger partial charge in [0.15, 0.2) is 0 Å². The fraction of sp³-hybridized carbons (Fsp3) is 0.524. The van der Waals surface area contributed by atoms with E-state index in [0.717, 1.165) is 56.4 Å². The van der Waals surface area contributed by atoms with Gasteiger partial charge in [0.1, 0.15) is 0 Å². The van der Waals surface area contributed by atoms with E-state index in [4.69, 9.17) is 5.10 Å². The number of fused-ring (bicyclic) bond motifs is 1. The number of amides is 2. The predicted molar refractivity (Wildman–Crippen MR) is 106 cm³/mol. The van der Waals surface area contributed by atoms with E-state index in [2.05, 4.69) is 23.2 Å². The van der Waals surface area contributed by atoms with Crippen LogP contribution in [0.25, 0.3) is 5.69 Å². The second-order valence-electron chi connectivity index (χ2n) is 8.04. The van der Waals surface area contributed by atoms with E-state index in [0.29, 0.717) is 0 Å². The number of rotatable bonds is 3. The molecule has 1 aromatic carbocycles. The van der Waals surface area contributed by atoms with Crippen LogP contribution in [0.4, 0.5) is 10.5 Å². The van der Waals surface area contributed by atoms with Crippen molar-refractivity contribution in [1.82, 2.24) is 19.6 Å². The van der Waals surface area contributed by atoms with Gasteiger partial charge in [0.05, 0.1) is 11.4 Å². The first kappa shape index (κ1) is 16.8. The highest BCUT2D eigenvalue weighted by Crippen LogP contribution is 2.28. The highest BCUT2D eigenvalue weighted by atomic mass is 16.2. The van der Waals surface area contributed by atoms with Gasteiger partial charge in [-0.3, -0.25) is 9.80 Å². The maximum atomic E-state index is 12.2. The summed E-state index contributed by atoms with van der Waals surface area (Å²) in [5.41, 5.74) is 4.65. The molecule has 0 N–H and O–H groups in total. The molecule has 2 fully saturated rings. The van der Waals surface area contributed by atoms with Crippen LogP contribution in [0.5, 0.6) is 0 Å². The average molecular weight is 365 g/mol. The van der Waals surface area contributed by atoms with Crippen molar-refractivity contribution in [3.05, 3.63) is 41.7 Å². The monoisotopic (exact) mass is 365 g/mol. The summed E-state index contributed by atoms with van der Waals surface area (Å²) < 4.78 is 2.01. The first-order chi connectivity index (χ1) is 13.2. The number of benzene rings is 1. The Labute approximate surface area is 160 Å². The largest absolute Gasteiger partial charge is 0.326 e. The van der Waals surface area contributed by atoms with Crippen LogP contribution >= 0.6 is 0 Å². The van der Waals surface area contributed by atoms with Crippen LogP contribution in [0.3, 0.4) is 0 Å². The molecule has 1 saturated carbocycles. The number of likely N-dealkylation sites (N-methyl/N-ethyl adjacent to an activating group) is 1. The maximum Gasteiger partial charge on any atom is 0.324 e. The molecule has 2 aliphatic heterocycles. The van der Waals surface area contributed by atoms with Gasteiger partial charge in [-0.25, -0.2) is 9.48 Å². The lowest BCUT2D eigenvalue weighted by atomic mass is 9.91. The Balaban J connectivity index is 1.31. The zero-order chi connectivity index (χ0) is 18.4. The summed E-state index contributed by atoms with van der Waals surface area (Å²) in [5, 5.41) is 4.87. The minimum absolute atomic E-state index is 0.0737. The summed E-state index contributed by atoms with van der Waals surface area (Å²) in [7, 11) is 1.85. The number of aromatic nitrogens is 2. The minimum Gasteiger partial charge on any atom is -0.326 e. The molecule has 2 aromatic rings. The lowest BCUT2D eigenvalue weighted by molar-refractivity contribution is 0.133. The van der Waals surface area contributed by atoms with Gasteiger partial charge in [-0.2, -0.15) is 5.10 Å². The molecule has 3 heterocycles. The molecule has 1 saturated heterocycles. The normalized spacial score (nSPS) is 21.3. The van der Waals surface area contributed by atoms with Crippen molar-refractivity contribution in [1.29, 1.82) is 0 Å². The number of carbonyl (C=O) groups is 1. The molecule has 0 bridgehead atoms. The Kier molecular flexibility index (Phi) is 4.16. The van der Waals surface area contributed by atoms with Gasteiger partial charge in [-0.1, -0.05) is 6.42 Å². The second-order valence-corrected chi connectivity index (χ2v) is 8.04. The SMILES string of the molecule is CN1CCN(c2ccc(-n3cc4c(n3)CCN(C3CCC3)CC4)cc2)C1=O. The Morgan fingerprint density at radius 3 is 2.37 bits per heavy atom. The van der Waals surface area contributed by atoms with Gasteiger partial charge in [0.2, 0.25) is 0 Å². The lowest BCUT2D eigenvalue weighted by Crippen LogP contribution is -2.41. The third-order valence-corrected chi connectivity index (χ3v) is 6.41. The predicted octanol–water partition coefficient (Wildman–Crippen LogP) is 2.70. The summed E-state index contributed by atoms with van der Waals surface area (Å²) >= 11 is 0. The minimum atomic E-state index is 0.0737. The first-order valence-electron chi connectivity index (χ1n) is 10.1. The zero-order valence-corrected chi connectivity index (χ0v) is 16.0. The van der Waals surface area contributed by atoms with Crippen molar-refractivity contribution >= 4 is 11.7 Å². The standard InChI is InChI=1S/C21H27N5O/c1-23-13-14-25(21(23)27)18-5-7-19(8-6-18)26-15-16-9-11-24(17-3-2-4-17)12-10-20(16)22-26/h5-8,15,17H,2-4,9-14H2,1H3. The van der Waals surface area contributed by atoms with E-state index in [9.17, 15) is 4.79 Å². The zero-order valence-electron chi connectivity index (χ0n) is 16.0. The molecule has 5 rings (SSSR count). The van der Waals surface area contributed by atoms with Crippen molar-refractivity contribution in [3.8, 4) is 5.69 Å². The van der Waals surface area contributed by atoms with E-state index in [1.165, 1.54) is 30.5 Å². The number of anilines is 1. The van der Waals surface area contributed by atoms with Crippen LogP contribution in [-0.2, 0) is 12.8 Å². The highest BCUT2D eigenvalue weighted by Gasteiger charge is 2.28. The van der Waals surface area contributed by atoms with Crippen LogP contribution in [-0.4, -0.2) is 64.9 Å². The Morgan fingerprint density at radius 2 is 1.70 bits per heavy atom. The molecule has 2 amide bonds. The van der Waals surface area contributed by atoms with Crippen LogP contribution in [0.1, 0.15) is 30.5 Å². The highest BCUT2D eigenvalue weighted by molar-refractivity contribution is 5.93. The summed E-state index contributed by atoms with van der Waals surface area (Å²) in [5.74, 6) is 0. The molecule has 3 aliphatic rings. The van der Waals surface area contributed by atoms with Gasteiger partial charge in [-0.15, -0.1) is 0 Å². The average Bonchev–Trinajstić information content (AvgIpc) is 3.14. The van der Waals surface area contributed by atoms with Gasteiger partial charge in [0.25, 0.3) is 0 Å². The third-order valence-electron chi connectivity index (χ3n) is 6.41. The van der Waals surface area contributed by atoms with Gasteiger partial charge in [0, 0.05) is 57.6 Å². The molecular formula is C21H27N5O. The summed E-state index contributed by atoms with van der Waals surface area (Å²) in [6.07, 6.45) is 8.49. The van der Waals surface area contributed by atoms with E-state index in [-0.39, 0.29) is 6.03 Å². The number of hydrogen-bond donors (Lipinski definition) is 0. The topological polar surface area (TPSA) is 44.6 Å². The maximum absolute atomic E-state index is 12.2. The Hall–Kier alpha value is -2.34. The lowest BCUT2D eigenvalue weighted by Gasteiger charge is -2.36. The van der Waals surface area contributed by atoms with E-state index >= 15 is 0 Å². The second kappa shape index (κ2) is 6.68. The first-order valence-corrected chi connectivity index (χ1v) is 10.1. The number of hydrogen-bond acceptors (Lipinski definition) is 3. The Morgan fingerprint density at radius 1 is 0.963 bits per heavy atom.